The number of aromatic nitrogens is 2. The molecule has 1 aromatic heterocycles. The van der Waals surface area contributed by atoms with Crippen LogP contribution in [-0.4, -0.2) is 15.9 Å². The molecule has 0 aromatic carbocycles. The average molecular weight is 200 g/mol. The van der Waals surface area contributed by atoms with E-state index >= 15 is 0 Å². The van der Waals surface area contributed by atoms with Crippen molar-refractivity contribution in [3.05, 3.63) is 17.7 Å². The maximum Gasteiger partial charge on any atom is 0.248 e. The summed E-state index contributed by atoms with van der Waals surface area (Å²) in [5, 5.41) is 0. The summed E-state index contributed by atoms with van der Waals surface area (Å²) in [5.41, 5.74) is 0.943. The Morgan fingerprint density at radius 2 is 2.07 bits per heavy atom. The van der Waals surface area contributed by atoms with Gasteiger partial charge in [-0.1, -0.05) is 0 Å². The van der Waals surface area contributed by atoms with Gasteiger partial charge in [0.2, 0.25) is 5.92 Å². The van der Waals surface area contributed by atoms with E-state index in [0.29, 0.717) is 12.8 Å². The topological polar surface area (TPSA) is 28.7 Å². The fraction of sp³-hybridized carbons (Fsp3) is 0.700. The van der Waals surface area contributed by atoms with E-state index in [-0.39, 0.29) is 18.8 Å². The van der Waals surface area contributed by atoms with Crippen molar-refractivity contribution < 1.29 is 8.78 Å². The Bertz CT molecular complexity index is 310. The van der Waals surface area contributed by atoms with Gasteiger partial charge >= 0.3 is 0 Å². The molecule has 4 heteroatoms. The molecule has 1 N–H and O–H groups in total. The maximum absolute atomic E-state index is 12.9. The van der Waals surface area contributed by atoms with Crippen LogP contribution in [0.5, 0.6) is 0 Å². The summed E-state index contributed by atoms with van der Waals surface area (Å²) in [5.74, 6) is -1.36. The van der Waals surface area contributed by atoms with Gasteiger partial charge in [-0.25, -0.2) is 13.8 Å². The van der Waals surface area contributed by atoms with E-state index in [1.165, 1.54) is 0 Å². The van der Waals surface area contributed by atoms with Crippen molar-refractivity contribution in [2.75, 3.05) is 0 Å². The fourth-order valence-electron chi connectivity index (χ4n) is 1.98. The van der Waals surface area contributed by atoms with Crippen molar-refractivity contribution in [1.29, 1.82) is 0 Å². The average Bonchev–Trinajstić information content (AvgIpc) is 2.52. The first-order valence-corrected chi connectivity index (χ1v) is 4.96. The molecule has 1 fully saturated rings. The van der Waals surface area contributed by atoms with E-state index in [4.69, 9.17) is 0 Å². The molecule has 1 aromatic rings. The van der Waals surface area contributed by atoms with Crippen LogP contribution in [0.4, 0.5) is 8.78 Å². The number of nitrogens with zero attached hydrogens (tertiary/aromatic N) is 1. The summed E-state index contributed by atoms with van der Waals surface area (Å²) in [6.45, 7) is 1.88. The first-order chi connectivity index (χ1) is 6.57. The summed E-state index contributed by atoms with van der Waals surface area (Å²) >= 11 is 0. The van der Waals surface area contributed by atoms with Crippen LogP contribution in [0.25, 0.3) is 0 Å². The van der Waals surface area contributed by atoms with Gasteiger partial charge in [-0.3, -0.25) is 0 Å². The maximum atomic E-state index is 12.9. The molecule has 1 saturated carbocycles. The predicted octanol–water partition coefficient (Wildman–Crippen LogP) is 3.01. The Labute approximate surface area is 81.7 Å². The molecule has 0 atom stereocenters. The number of imidazole rings is 1. The van der Waals surface area contributed by atoms with Crippen molar-refractivity contribution >= 4 is 0 Å². The zero-order valence-electron chi connectivity index (χ0n) is 8.19. The zero-order valence-corrected chi connectivity index (χ0v) is 8.19. The van der Waals surface area contributed by atoms with Crippen LogP contribution in [0.3, 0.4) is 0 Å². The van der Waals surface area contributed by atoms with Crippen LogP contribution < -0.4 is 0 Å². The lowest BCUT2D eigenvalue weighted by molar-refractivity contribution is -0.0384. The molecule has 0 amide bonds. The molecule has 2 rings (SSSR count). The molecule has 0 spiro atoms. The number of halogens is 2. The monoisotopic (exact) mass is 200 g/mol. The second-order valence-corrected chi connectivity index (χ2v) is 4.04. The fourth-order valence-corrected chi connectivity index (χ4v) is 1.98. The van der Waals surface area contributed by atoms with Crippen molar-refractivity contribution in [3.8, 4) is 0 Å². The molecule has 0 aliphatic heterocycles. The summed E-state index contributed by atoms with van der Waals surface area (Å²) in [6.07, 6.45) is 2.95. The van der Waals surface area contributed by atoms with Crippen LogP contribution in [0.2, 0.25) is 0 Å². The Hall–Kier alpha value is -0.930. The number of aromatic amines is 1. The molecule has 1 aliphatic rings. The molecule has 2 nitrogen and oxygen atoms in total. The van der Waals surface area contributed by atoms with Crippen molar-refractivity contribution in [1.82, 2.24) is 9.97 Å². The Morgan fingerprint density at radius 1 is 1.43 bits per heavy atom. The van der Waals surface area contributed by atoms with Gasteiger partial charge in [0.25, 0.3) is 0 Å². The zero-order chi connectivity index (χ0) is 10.2. The second-order valence-electron chi connectivity index (χ2n) is 4.04. The molecule has 1 heterocycles. The van der Waals surface area contributed by atoms with Crippen molar-refractivity contribution in [2.24, 2.45) is 0 Å². The highest BCUT2D eigenvalue weighted by Gasteiger charge is 2.35. The number of H-pyrrole nitrogens is 1. The molecule has 14 heavy (non-hydrogen) atoms. The smallest absolute Gasteiger partial charge is 0.248 e. The number of rotatable bonds is 1. The second kappa shape index (κ2) is 3.33. The van der Waals surface area contributed by atoms with Gasteiger partial charge in [-0.15, -0.1) is 0 Å². The highest BCUT2D eigenvalue weighted by Crippen LogP contribution is 2.40. The van der Waals surface area contributed by atoms with E-state index in [1.807, 2.05) is 13.1 Å². The summed E-state index contributed by atoms with van der Waals surface area (Å²) < 4.78 is 25.7. The molecule has 0 radical (unpaired) electrons. The minimum atomic E-state index is -2.44. The third kappa shape index (κ3) is 1.94. The highest BCUT2D eigenvalue weighted by atomic mass is 19.3. The third-order valence-electron chi connectivity index (χ3n) is 2.86. The Morgan fingerprint density at radius 3 is 2.57 bits per heavy atom. The van der Waals surface area contributed by atoms with E-state index in [0.717, 1.165) is 11.5 Å². The molecule has 1 aliphatic carbocycles. The summed E-state index contributed by atoms with van der Waals surface area (Å²) in [7, 11) is 0. The molecule has 78 valence electrons. The largest absolute Gasteiger partial charge is 0.349 e. The van der Waals surface area contributed by atoms with Gasteiger partial charge < -0.3 is 4.98 Å². The normalized spacial score (nSPS) is 22.5. The first kappa shape index (κ1) is 9.62. The minimum absolute atomic E-state index is 0.00355. The lowest BCUT2D eigenvalue weighted by atomic mass is 9.85. The minimum Gasteiger partial charge on any atom is -0.349 e. The first-order valence-electron chi connectivity index (χ1n) is 4.96. The predicted molar refractivity (Wildman–Crippen MR) is 49.5 cm³/mol. The van der Waals surface area contributed by atoms with E-state index in [2.05, 4.69) is 9.97 Å². The Balaban J connectivity index is 2.02. The van der Waals surface area contributed by atoms with Crippen LogP contribution in [0.1, 0.15) is 43.1 Å². The van der Waals surface area contributed by atoms with Gasteiger partial charge in [0.15, 0.2) is 0 Å². The van der Waals surface area contributed by atoms with Crippen LogP contribution >= 0.6 is 0 Å². The SMILES string of the molecule is Cc1nc(C2CCC(F)(F)CC2)c[nH]1. The molecule has 0 bridgehead atoms. The highest BCUT2D eigenvalue weighted by molar-refractivity contribution is 5.08. The lowest BCUT2D eigenvalue weighted by Crippen LogP contribution is -2.23. The number of alkyl halides is 2. The number of hydrogen-bond acceptors (Lipinski definition) is 1. The lowest BCUT2D eigenvalue weighted by Gasteiger charge is -2.26. The van der Waals surface area contributed by atoms with Crippen molar-refractivity contribution in [2.45, 2.75) is 44.4 Å². The Kier molecular flexibility index (Phi) is 2.29. The number of aryl methyl sites for hydroxylation is 1. The van der Waals surface area contributed by atoms with Gasteiger partial charge in [0.1, 0.15) is 5.82 Å². The third-order valence-corrected chi connectivity index (χ3v) is 2.86. The van der Waals surface area contributed by atoms with Crippen molar-refractivity contribution in [3.63, 3.8) is 0 Å². The summed E-state index contributed by atoms with van der Waals surface area (Å²) in [6, 6.07) is 0. The van der Waals surface area contributed by atoms with Crippen LogP contribution in [0.15, 0.2) is 6.20 Å². The molecular formula is C10H14F2N2. The van der Waals surface area contributed by atoms with Gasteiger partial charge in [-0.05, 0) is 19.8 Å². The standard InChI is InChI=1S/C10H14F2N2/c1-7-13-6-9(14-7)8-2-4-10(11,12)5-3-8/h6,8H,2-5H2,1H3,(H,13,14). The molecule has 0 saturated heterocycles. The van der Waals surface area contributed by atoms with Crippen LogP contribution in [0, 0.1) is 6.92 Å². The van der Waals surface area contributed by atoms with Crippen LogP contribution in [-0.2, 0) is 0 Å². The molecular weight excluding hydrogens is 186 g/mol. The quantitative estimate of drug-likeness (QED) is 0.741. The number of nitrogens with one attached hydrogen (secondary N) is 1. The van der Waals surface area contributed by atoms with E-state index < -0.39 is 5.92 Å². The number of hydrogen-bond donors (Lipinski definition) is 1. The summed E-state index contributed by atoms with van der Waals surface area (Å²) in [4.78, 5) is 7.27. The molecule has 0 unspecified atom stereocenters. The van der Waals surface area contributed by atoms with E-state index in [1.54, 1.807) is 0 Å². The van der Waals surface area contributed by atoms with E-state index in [9.17, 15) is 8.78 Å². The van der Waals surface area contributed by atoms with Gasteiger partial charge in [0, 0.05) is 25.0 Å². The van der Waals surface area contributed by atoms with Gasteiger partial charge in [0.05, 0.1) is 5.69 Å². The van der Waals surface area contributed by atoms with Gasteiger partial charge in [-0.2, -0.15) is 0 Å².